The summed E-state index contributed by atoms with van der Waals surface area (Å²) in [6.07, 6.45) is 0. The van der Waals surface area contributed by atoms with Gasteiger partial charge < -0.3 is 11.1 Å². The number of nitrogen functional groups attached to an aromatic ring is 1. The summed E-state index contributed by atoms with van der Waals surface area (Å²) in [4.78, 5) is 4.95. The molecule has 0 bridgehead atoms. The van der Waals surface area contributed by atoms with E-state index in [1.165, 1.54) is 0 Å². The van der Waals surface area contributed by atoms with Crippen LogP contribution >= 0.6 is 0 Å². The third-order valence-corrected chi connectivity index (χ3v) is 6.56. The van der Waals surface area contributed by atoms with Gasteiger partial charge in [-0.3, -0.25) is 4.72 Å². The van der Waals surface area contributed by atoms with Gasteiger partial charge in [-0.1, -0.05) is 36.4 Å². The fourth-order valence-electron chi connectivity index (χ4n) is 3.62. The van der Waals surface area contributed by atoms with Crippen LogP contribution in [0.5, 0.6) is 0 Å². The summed E-state index contributed by atoms with van der Waals surface area (Å²) in [5.74, 6) is 0. The highest BCUT2D eigenvalue weighted by Gasteiger charge is 2.14. The maximum Gasteiger partial charge on any atom is 0.261 e. The Balaban J connectivity index is 1.48. The molecule has 7 heteroatoms. The molecule has 0 unspecified atom stereocenters. The average Bonchev–Trinajstić information content (AvgIpc) is 2.80. The monoisotopic (exact) mass is 440 g/mol. The van der Waals surface area contributed by atoms with Crippen LogP contribution in [0.4, 0.5) is 22.7 Å². The lowest BCUT2D eigenvalue weighted by Gasteiger charge is -2.14. The van der Waals surface area contributed by atoms with Crippen molar-refractivity contribution in [3.8, 4) is 0 Å². The van der Waals surface area contributed by atoms with Gasteiger partial charge in [-0.2, -0.15) is 0 Å². The Hall–Kier alpha value is -4.10. The molecule has 0 aliphatic rings. The molecule has 0 saturated heterocycles. The van der Waals surface area contributed by atoms with Crippen molar-refractivity contribution in [1.82, 2.24) is 4.98 Å². The number of aromatic nitrogens is 1. The topological polar surface area (TPSA) is 97.1 Å². The minimum atomic E-state index is -3.64. The standard InChI is InChI=1S/C25H20N4O2S/c26-17-10-15-22-24(16-17)28-23-9-5-4-8-21(23)25(22)27-18-11-13-19(14-12-18)29-32(30,31)20-6-2-1-3-7-20/h1-16,29H,26H2,(H,27,28). The van der Waals surface area contributed by atoms with Crippen molar-refractivity contribution in [2.75, 3.05) is 15.8 Å². The number of hydrogen-bond acceptors (Lipinski definition) is 5. The Labute approximate surface area is 185 Å². The third kappa shape index (κ3) is 3.81. The summed E-state index contributed by atoms with van der Waals surface area (Å²) in [5, 5.41) is 5.41. The molecule has 6 nitrogen and oxygen atoms in total. The summed E-state index contributed by atoms with van der Waals surface area (Å²) in [7, 11) is -3.64. The van der Waals surface area contributed by atoms with Crippen molar-refractivity contribution >= 4 is 54.6 Å². The number of nitrogens with one attached hydrogen (secondary N) is 2. The van der Waals surface area contributed by atoms with Crippen LogP contribution in [0.3, 0.4) is 0 Å². The van der Waals surface area contributed by atoms with Crippen LogP contribution < -0.4 is 15.8 Å². The van der Waals surface area contributed by atoms with Gasteiger partial charge in [0, 0.05) is 27.8 Å². The molecule has 1 heterocycles. The van der Waals surface area contributed by atoms with Crippen LogP contribution in [0, 0.1) is 0 Å². The quantitative estimate of drug-likeness (QED) is 0.247. The first-order valence-electron chi connectivity index (χ1n) is 10.0. The highest BCUT2D eigenvalue weighted by molar-refractivity contribution is 7.92. The molecule has 32 heavy (non-hydrogen) atoms. The van der Waals surface area contributed by atoms with E-state index in [1.54, 1.807) is 42.5 Å². The first kappa shape index (κ1) is 19.8. The lowest BCUT2D eigenvalue weighted by Crippen LogP contribution is -2.12. The van der Waals surface area contributed by atoms with E-state index in [2.05, 4.69) is 10.0 Å². The number of benzene rings is 4. The molecule has 1 aromatic heterocycles. The second-order valence-electron chi connectivity index (χ2n) is 7.40. The van der Waals surface area contributed by atoms with Gasteiger partial charge >= 0.3 is 0 Å². The minimum absolute atomic E-state index is 0.219. The predicted octanol–water partition coefficient (Wildman–Crippen LogP) is 5.51. The van der Waals surface area contributed by atoms with E-state index in [9.17, 15) is 8.42 Å². The van der Waals surface area contributed by atoms with Crippen LogP contribution in [0.25, 0.3) is 21.8 Å². The molecule has 0 aliphatic carbocycles. The summed E-state index contributed by atoms with van der Waals surface area (Å²) in [5.41, 5.74) is 10.5. The van der Waals surface area contributed by atoms with E-state index in [0.717, 1.165) is 33.2 Å². The molecule has 4 aromatic carbocycles. The molecule has 0 saturated carbocycles. The Bertz CT molecular complexity index is 1530. The van der Waals surface area contributed by atoms with Gasteiger partial charge in [0.05, 0.1) is 21.6 Å². The van der Waals surface area contributed by atoms with E-state index in [1.807, 2.05) is 54.6 Å². The second kappa shape index (κ2) is 7.86. The normalized spacial score (nSPS) is 11.5. The first-order chi connectivity index (χ1) is 15.5. The number of para-hydroxylation sites is 1. The number of anilines is 4. The van der Waals surface area contributed by atoms with Crippen LogP contribution in [-0.2, 0) is 10.0 Å². The van der Waals surface area contributed by atoms with E-state index in [0.29, 0.717) is 11.4 Å². The maximum atomic E-state index is 12.6. The molecular formula is C25H20N4O2S. The molecule has 0 amide bonds. The molecule has 4 N–H and O–H groups in total. The molecule has 0 aliphatic heterocycles. The summed E-state index contributed by atoms with van der Waals surface area (Å²) >= 11 is 0. The SMILES string of the molecule is Nc1ccc2c(Nc3ccc(NS(=O)(=O)c4ccccc4)cc3)c3ccccc3nc2c1. The lowest BCUT2D eigenvalue weighted by molar-refractivity contribution is 0.601. The summed E-state index contributed by atoms with van der Waals surface area (Å²) in [6, 6.07) is 29.0. The second-order valence-corrected chi connectivity index (χ2v) is 9.08. The Morgan fingerprint density at radius 3 is 2.12 bits per heavy atom. The number of nitrogens with zero attached hydrogens (tertiary/aromatic N) is 1. The number of pyridine rings is 1. The van der Waals surface area contributed by atoms with Crippen molar-refractivity contribution in [2.24, 2.45) is 0 Å². The van der Waals surface area contributed by atoms with Crippen molar-refractivity contribution < 1.29 is 8.42 Å². The molecule has 0 atom stereocenters. The predicted molar refractivity (Wildman–Crippen MR) is 131 cm³/mol. The zero-order chi connectivity index (χ0) is 22.1. The van der Waals surface area contributed by atoms with Gasteiger partial charge in [0.15, 0.2) is 0 Å². The Kier molecular flexibility index (Phi) is 4.88. The molecule has 5 aromatic rings. The molecular weight excluding hydrogens is 420 g/mol. The smallest absolute Gasteiger partial charge is 0.261 e. The van der Waals surface area contributed by atoms with Crippen molar-refractivity contribution in [3.63, 3.8) is 0 Å². The molecule has 0 fully saturated rings. The number of fused-ring (bicyclic) bond motifs is 2. The fourth-order valence-corrected chi connectivity index (χ4v) is 4.70. The molecule has 5 rings (SSSR count). The largest absolute Gasteiger partial charge is 0.399 e. The van der Waals surface area contributed by atoms with Gasteiger partial charge in [0.2, 0.25) is 0 Å². The highest BCUT2D eigenvalue weighted by atomic mass is 32.2. The number of sulfonamides is 1. The molecule has 0 radical (unpaired) electrons. The summed E-state index contributed by atoms with van der Waals surface area (Å²) in [6.45, 7) is 0. The zero-order valence-electron chi connectivity index (χ0n) is 17.0. The van der Waals surface area contributed by atoms with Crippen molar-refractivity contribution in [1.29, 1.82) is 0 Å². The van der Waals surface area contributed by atoms with E-state index in [-0.39, 0.29) is 4.90 Å². The molecule has 158 valence electrons. The first-order valence-corrected chi connectivity index (χ1v) is 11.5. The van der Waals surface area contributed by atoms with Gasteiger partial charge in [0.1, 0.15) is 0 Å². The molecule has 0 spiro atoms. The number of rotatable bonds is 5. The average molecular weight is 441 g/mol. The van der Waals surface area contributed by atoms with Crippen LogP contribution in [0.1, 0.15) is 0 Å². The fraction of sp³-hybridized carbons (Fsp3) is 0. The third-order valence-electron chi connectivity index (χ3n) is 5.17. The minimum Gasteiger partial charge on any atom is -0.399 e. The van der Waals surface area contributed by atoms with E-state index >= 15 is 0 Å². The number of nitrogens with two attached hydrogens (primary N) is 1. The zero-order valence-corrected chi connectivity index (χ0v) is 17.8. The van der Waals surface area contributed by atoms with Crippen LogP contribution in [0.2, 0.25) is 0 Å². The van der Waals surface area contributed by atoms with Crippen molar-refractivity contribution in [2.45, 2.75) is 4.90 Å². The van der Waals surface area contributed by atoms with Crippen LogP contribution in [0.15, 0.2) is 102 Å². The number of hydrogen-bond donors (Lipinski definition) is 3. The maximum absolute atomic E-state index is 12.6. The van der Waals surface area contributed by atoms with E-state index in [4.69, 9.17) is 10.7 Å². The highest BCUT2D eigenvalue weighted by Crippen LogP contribution is 2.34. The van der Waals surface area contributed by atoms with Gasteiger partial charge in [0.25, 0.3) is 10.0 Å². The van der Waals surface area contributed by atoms with Crippen molar-refractivity contribution in [3.05, 3.63) is 97.1 Å². The summed E-state index contributed by atoms with van der Waals surface area (Å²) < 4.78 is 27.7. The van der Waals surface area contributed by atoms with Crippen LogP contribution in [-0.4, -0.2) is 13.4 Å². The Morgan fingerprint density at radius 1 is 0.688 bits per heavy atom. The Morgan fingerprint density at radius 2 is 1.34 bits per heavy atom. The lowest BCUT2D eigenvalue weighted by atomic mass is 10.1. The van der Waals surface area contributed by atoms with E-state index < -0.39 is 10.0 Å². The van der Waals surface area contributed by atoms with Gasteiger partial charge in [-0.25, -0.2) is 13.4 Å². The van der Waals surface area contributed by atoms with Gasteiger partial charge in [-0.05, 0) is 60.7 Å². The van der Waals surface area contributed by atoms with Gasteiger partial charge in [-0.15, -0.1) is 0 Å².